The lowest BCUT2D eigenvalue weighted by Crippen LogP contribution is -2.29. The molecule has 1 aliphatic heterocycles. The predicted molar refractivity (Wildman–Crippen MR) is 87.8 cm³/mol. The number of nitrogens with zero attached hydrogens (tertiary/aromatic N) is 3. The Bertz CT molecular complexity index is 771. The van der Waals surface area contributed by atoms with E-state index in [1.807, 2.05) is 0 Å². The third-order valence-electron chi connectivity index (χ3n) is 2.89. The van der Waals surface area contributed by atoms with E-state index >= 15 is 0 Å². The number of benzene rings is 1. The summed E-state index contributed by atoms with van der Waals surface area (Å²) in [5, 5.41) is 0.0925. The number of carbonyl (C=O) groups is 1. The van der Waals surface area contributed by atoms with E-state index in [9.17, 15) is 17.6 Å². The molecule has 0 N–H and O–H groups in total. The van der Waals surface area contributed by atoms with E-state index in [1.54, 1.807) is 32.1 Å². The molecule has 0 saturated carbocycles. The topological polar surface area (TPSA) is 70.1 Å². The summed E-state index contributed by atoms with van der Waals surface area (Å²) in [5.41, 5.74) is 0. The number of thioether (sulfide) groups is 1. The average Bonchev–Trinajstić information content (AvgIpc) is 2.73. The molecule has 9 heteroatoms. The summed E-state index contributed by atoms with van der Waals surface area (Å²) in [6.07, 6.45) is 1.61. The second kappa shape index (κ2) is 6.71. The second-order valence-electron chi connectivity index (χ2n) is 4.91. The van der Waals surface area contributed by atoms with Crippen LogP contribution < -0.4 is 0 Å². The van der Waals surface area contributed by atoms with Crippen LogP contribution in [0.3, 0.4) is 0 Å². The molecule has 0 aliphatic carbocycles. The number of likely N-dealkylation sites (N-methyl/N-ethyl adjacent to an activating group) is 1. The van der Waals surface area contributed by atoms with E-state index in [2.05, 4.69) is 4.40 Å². The van der Waals surface area contributed by atoms with Crippen LogP contribution in [-0.4, -0.2) is 49.9 Å². The summed E-state index contributed by atoms with van der Waals surface area (Å²) in [5.74, 6) is -0.826. The molecular weight excluding hydrogens is 341 g/mol. The van der Waals surface area contributed by atoms with Gasteiger partial charge in [-0.05, 0) is 43.0 Å². The molecule has 0 unspecified atom stereocenters. The van der Waals surface area contributed by atoms with Gasteiger partial charge in [-0.15, -0.1) is 4.40 Å². The molecule has 0 bridgehead atoms. The van der Waals surface area contributed by atoms with Crippen molar-refractivity contribution in [3.05, 3.63) is 41.2 Å². The summed E-state index contributed by atoms with van der Waals surface area (Å²) < 4.78 is 41.3. The average molecular weight is 357 g/mol. The molecule has 1 fully saturated rings. The van der Waals surface area contributed by atoms with Crippen LogP contribution in [0.2, 0.25) is 0 Å². The van der Waals surface area contributed by atoms with Crippen LogP contribution in [0, 0.1) is 5.82 Å². The monoisotopic (exact) mass is 357 g/mol. The number of hydrogen-bond donors (Lipinski definition) is 0. The van der Waals surface area contributed by atoms with Gasteiger partial charge in [-0.25, -0.2) is 4.39 Å². The van der Waals surface area contributed by atoms with Gasteiger partial charge in [0.1, 0.15) is 5.82 Å². The number of sulfonamides is 1. The molecule has 1 aliphatic rings. The summed E-state index contributed by atoms with van der Waals surface area (Å²) >= 11 is 0.997. The van der Waals surface area contributed by atoms with E-state index in [0.717, 1.165) is 36.0 Å². The number of hydrogen-bond acceptors (Lipinski definition) is 5. The molecule has 1 saturated heterocycles. The maximum atomic E-state index is 12.9. The minimum absolute atomic E-state index is 0.0925. The van der Waals surface area contributed by atoms with Crippen molar-refractivity contribution < 1.29 is 17.6 Å². The first-order valence-corrected chi connectivity index (χ1v) is 8.98. The molecule has 124 valence electrons. The molecule has 23 heavy (non-hydrogen) atoms. The summed E-state index contributed by atoms with van der Waals surface area (Å²) in [6.45, 7) is 2.03. The van der Waals surface area contributed by atoms with Gasteiger partial charge in [0.05, 0.1) is 9.80 Å². The van der Waals surface area contributed by atoms with Crippen molar-refractivity contribution in [3.8, 4) is 0 Å². The Morgan fingerprint density at radius 1 is 1.30 bits per heavy atom. The normalized spacial score (nSPS) is 19.0. The highest BCUT2D eigenvalue weighted by molar-refractivity contribution is 8.19. The van der Waals surface area contributed by atoms with Gasteiger partial charge < -0.3 is 4.90 Å². The minimum Gasteiger partial charge on any atom is -0.382 e. The number of amidine groups is 1. The molecule has 1 heterocycles. The molecule has 0 aromatic heterocycles. The Kier molecular flexibility index (Phi) is 5.10. The third kappa shape index (κ3) is 3.91. The Balaban J connectivity index is 2.41. The lowest BCUT2D eigenvalue weighted by Gasteiger charge is -2.12. The molecule has 0 atom stereocenters. The smallest absolute Gasteiger partial charge is 0.284 e. The zero-order valence-electron chi connectivity index (χ0n) is 12.9. The Morgan fingerprint density at radius 2 is 1.91 bits per heavy atom. The molecule has 0 spiro atoms. The van der Waals surface area contributed by atoms with Crippen molar-refractivity contribution in [1.82, 2.24) is 9.80 Å². The fourth-order valence-electron chi connectivity index (χ4n) is 1.84. The summed E-state index contributed by atoms with van der Waals surface area (Å²) in [4.78, 5) is 15.5. The van der Waals surface area contributed by atoms with E-state index in [-0.39, 0.29) is 16.0 Å². The quantitative estimate of drug-likeness (QED) is 0.770. The van der Waals surface area contributed by atoms with Crippen LogP contribution in [0.15, 0.2) is 44.7 Å². The molecule has 1 amide bonds. The number of halogens is 1. The minimum atomic E-state index is -4.01. The van der Waals surface area contributed by atoms with Crippen molar-refractivity contribution in [2.45, 2.75) is 11.8 Å². The van der Waals surface area contributed by atoms with Crippen LogP contribution in [0.5, 0.6) is 0 Å². The molecule has 1 aromatic carbocycles. The van der Waals surface area contributed by atoms with Gasteiger partial charge in [-0.2, -0.15) is 8.42 Å². The van der Waals surface area contributed by atoms with Crippen LogP contribution >= 0.6 is 11.8 Å². The highest BCUT2D eigenvalue weighted by Gasteiger charge is 2.34. The van der Waals surface area contributed by atoms with Gasteiger partial charge in [0, 0.05) is 26.8 Å². The van der Waals surface area contributed by atoms with Gasteiger partial charge in [-0.1, -0.05) is 0 Å². The highest BCUT2D eigenvalue weighted by atomic mass is 32.2. The van der Waals surface area contributed by atoms with Crippen molar-refractivity contribution in [2.75, 3.05) is 20.6 Å². The zero-order chi connectivity index (χ0) is 17.2. The van der Waals surface area contributed by atoms with E-state index in [0.29, 0.717) is 11.4 Å². The number of rotatable bonds is 4. The SMILES string of the molecule is CCN1C(=O)C(=CN(C)C)SC1=NS(=O)(=O)c1ccc(F)cc1. The zero-order valence-corrected chi connectivity index (χ0v) is 14.5. The fraction of sp³-hybridized carbons (Fsp3) is 0.286. The van der Waals surface area contributed by atoms with Crippen molar-refractivity contribution in [1.29, 1.82) is 0 Å². The molecule has 1 aromatic rings. The van der Waals surface area contributed by atoms with E-state index in [4.69, 9.17) is 0 Å². The van der Waals surface area contributed by atoms with Gasteiger partial charge in [-0.3, -0.25) is 9.69 Å². The van der Waals surface area contributed by atoms with Gasteiger partial charge in [0.25, 0.3) is 15.9 Å². The first-order chi connectivity index (χ1) is 10.7. The van der Waals surface area contributed by atoms with Gasteiger partial charge >= 0.3 is 0 Å². The van der Waals surface area contributed by atoms with E-state index in [1.165, 1.54) is 4.90 Å². The highest BCUT2D eigenvalue weighted by Crippen LogP contribution is 2.32. The molecule has 0 radical (unpaired) electrons. The first kappa shape index (κ1) is 17.5. The third-order valence-corrected chi connectivity index (χ3v) is 5.28. The standard InChI is InChI=1S/C14H16FN3O3S2/c1-4-18-13(19)12(9-17(2)3)22-14(18)16-23(20,21)11-7-5-10(15)6-8-11/h5-9H,4H2,1-3H3. The van der Waals surface area contributed by atoms with Crippen LogP contribution in [0.4, 0.5) is 4.39 Å². The Morgan fingerprint density at radius 3 is 2.43 bits per heavy atom. The van der Waals surface area contributed by atoms with Crippen LogP contribution in [0.25, 0.3) is 0 Å². The Hall–Kier alpha value is -1.87. The molecule has 6 nitrogen and oxygen atoms in total. The van der Waals surface area contributed by atoms with E-state index < -0.39 is 15.8 Å². The van der Waals surface area contributed by atoms with Gasteiger partial charge in [0.15, 0.2) is 5.17 Å². The molecule has 2 rings (SSSR count). The maximum absolute atomic E-state index is 12.9. The van der Waals surface area contributed by atoms with Gasteiger partial charge in [0.2, 0.25) is 0 Å². The fourth-order valence-corrected chi connectivity index (χ4v) is 4.15. The van der Waals surface area contributed by atoms with Crippen molar-refractivity contribution in [3.63, 3.8) is 0 Å². The predicted octanol–water partition coefficient (Wildman–Crippen LogP) is 1.87. The van der Waals surface area contributed by atoms with Crippen molar-refractivity contribution in [2.24, 2.45) is 4.40 Å². The number of amides is 1. The maximum Gasteiger partial charge on any atom is 0.284 e. The first-order valence-electron chi connectivity index (χ1n) is 6.73. The second-order valence-corrected chi connectivity index (χ2v) is 7.52. The summed E-state index contributed by atoms with van der Waals surface area (Å²) in [7, 11) is -0.482. The lowest BCUT2D eigenvalue weighted by molar-refractivity contribution is -0.122. The van der Waals surface area contributed by atoms with Crippen LogP contribution in [0.1, 0.15) is 6.92 Å². The van der Waals surface area contributed by atoms with Crippen molar-refractivity contribution >= 4 is 32.9 Å². The summed E-state index contributed by atoms with van der Waals surface area (Å²) in [6, 6.07) is 4.38. The largest absolute Gasteiger partial charge is 0.382 e. The number of carbonyl (C=O) groups excluding carboxylic acids is 1. The van der Waals surface area contributed by atoms with Crippen LogP contribution in [-0.2, 0) is 14.8 Å². The Labute approximate surface area is 138 Å². The lowest BCUT2D eigenvalue weighted by atomic mass is 10.4. The molecular formula is C14H16FN3O3S2.